The Hall–Kier alpha value is -0.0800. The maximum Gasteiger partial charge on any atom is 0.419 e. The topological polar surface area (TPSA) is 42.0 Å². The second-order valence-electron chi connectivity index (χ2n) is 3.22. The quantitative estimate of drug-likeness (QED) is 0.721. The minimum Gasteiger partial charge on any atom is -0.379 e. The molecule has 6 heteroatoms. The van der Waals surface area contributed by atoms with E-state index >= 15 is 0 Å². The summed E-state index contributed by atoms with van der Waals surface area (Å²) < 4.78 is 9.79. The fourth-order valence-electron chi connectivity index (χ4n) is 1.27. The van der Waals surface area contributed by atoms with Gasteiger partial charge in [-0.3, -0.25) is 4.90 Å². The number of carbonyl (C=O) groups excluding carboxylic acids is 1. The lowest BCUT2D eigenvalue weighted by Crippen LogP contribution is -2.41. The summed E-state index contributed by atoms with van der Waals surface area (Å²) in [5.74, 6) is 0. The van der Waals surface area contributed by atoms with Crippen LogP contribution in [0.15, 0.2) is 0 Å². The van der Waals surface area contributed by atoms with Gasteiger partial charge in [-0.15, -0.1) is 0 Å². The molecule has 0 aromatic carbocycles. The Morgan fingerprint density at radius 1 is 1.57 bits per heavy atom. The summed E-state index contributed by atoms with van der Waals surface area (Å²) in [4.78, 5) is 14.9. The zero-order valence-corrected chi connectivity index (χ0v) is 10.4. The minimum absolute atomic E-state index is 0.293. The number of carbonyl (C=O) groups is 1. The minimum atomic E-state index is -0.293. The van der Waals surface area contributed by atoms with Crippen LogP contribution in [0.3, 0.4) is 0 Å². The van der Waals surface area contributed by atoms with E-state index < -0.39 is 0 Å². The van der Waals surface area contributed by atoms with Gasteiger partial charge in [0.2, 0.25) is 0 Å². The van der Waals surface area contributed by atoms with E-state index in [2.05, 4.69) is 7.97 Å². The fourth-order valence-corrected chi connectivity index (χ4v) is 1.60. The average Bonchev–Trinajstić information content (AvgIpc) is 2.26. The van der Waals surface area contributed by atoms with Gasteiger partial charge in [0.1, 0.15) is 0 Å². The second-order valence-corrected chi connectivity index (χ2v) is 3.66. The predicted molar refractivity (Wildman–Crippen MR) is 60.4 cm³/mol. The first-order chi connectivity index (χ1) is 6.74. The van der Waals surface area contributed by atoms with Gasteiger partial charge in [0.25, 0.3) is 0 Å². The molecule has 1 amide bonds. The number of amides is 1. The van der Waals surface area contributed by atoms with Crippen molar-refractivity contribution in [3.63, 3.8) is 0 Å². The van der Waals surface area contributed by atoms with Crippen LogP contribution in [-0.4, -0.2) is 62.3 Å². The molecule has 0 spiro atoms. The van der Waals surface area contributed by atoms with Crippen LogP contribution in [0.2, 0.25) is 0 Å². The first-order valence-corrected chi connectivity index (χ1v) is 5.46. The second kappa shape index (κ2) is 6.41. The van der Waals surface area contributed by atoms with Crippen LogP contribution < -0.4 is 0 Å². The highest BCUT2D eigenvalue weighted by atomic mass is 127. The van der Waals surface area contributed by atoms with Gasteiger partial charge < -0.3 is 12.7 Å². The summed E-state index contributed by atoms with van der Waals surface area (Å²) in [6.45, 7) is 5.06. The summed E-state index contributed by atoms with van der Waals surface area (Å²) in [7, 11) is 1.74. The lowest BCUT2D eigenvalue weighted by atomic mass is 10.4. The SMILES string of the molecule is CN(CCN1CCOCC1)C(=O)OI. The van der Waals surface area contributed by atoms with E-state index in [4.69, 9.17) is 4.74 Å². The lowest BCUT2D eigenvalue weighted by molar-refractivity contribution is 0.0352. The molecule has 0 atom stereocenters. The fraction of sp³-hybridized carbons (Fsp3) is 0.875. The number of rotatable bonds is 3. The van der Waals surface area contributed by atoms with E-state index in [1.807, 2.05) is 0 Å². The van der Waals surface area contributed by atoms with Crippen LogP contribution >= 0.6 is 23.0 Å². The van der Waals surface area contributed by atoms with Crippen LogP contribution in [-0.2, 0) is 7.80 Å². The normalized spacial score (nSPS) is 17.9. The Bertz CT molecular complexity index is 185. The summed E-state index contributed by atoms with van der Waals surface area (Å²) in [6.07, 6.45) is -0.293. The Labute approximate surface area is 98.0 Å². The summed E-state index contributed by atoms with van der Waals surface area (Å²) >= 11 is 1.60. The van der Waals surface area contributed by atoms with Gasteiger partial charge >= 0.3 is 6.09 Å². The number of nitrogens with zero attached hydrogens (tertiary/aromatic N) is 2. The molecule has 82 valence electrons. The van der Waals surface area contributed by atoms with Crippen molar-refractivity contribution in [3.05, 3.63) is 0 Å². The highest BCUT2D eigenvalue weighted by molar-refractivity contribution is 14.1. The van der Waals surface area contributed by atoms with Gasteiger partial charge in [0.15, 0.2) is 23.0 Å². The summed E-state index contributed by atoms with van der Waals surface area (Å²) in [5.41, 5.74) is 0. The molecule has 0 N–H and O–H groups in total. The van der Waals surface area contributed by atoms with Crippen molar-refractivity contribution in [1.82, 2.24) is 9.80 Å². The van der Waals surface area contributed by atoms with E-state index in [9.17, 15) is 4.79 Å². The number of hydrogen-bond acceptors (Lipinski definition) is 4. The molecule has 0 bridgehead atoms. The van der Waals surface area contributed by atoms with Gasteiger partial charge in [-0.05, 0) is 0 Å². The van der Waals surface area contributed by atoms with E-state index in [0.717, 1.165) is 32.8 Å². The van der Waals surface area contributed by atoms with Gasteiger partial charge in [0, 0.05) is 33.2 Å². The molecule has 1 rings (SSSR count). The van der Waals surface area contributed by atoms with Crippen molar-refractivity contribution in [2.75, 3.05) is 46.4 Å². The third-order valence-corrected chi connectivity index (χ3v) is 2.61. The van der Waals surface area contributed by atoms with Crippen LogP contribution in [0.4, 0.5) is 4.79 Å². The molecule has 0 saturated carbocycles. The molecule has 14 heavy (non-hydrogen) atoms. The number of morpholine rings is 1. The van der Waals surface area contributed by atoms with E-state index in [0.29, 0.717) is 6.54 Å². The van der Waals surface area contributed by atoms with Gasteiger partial charge in [-0.2, -0.15) is 0 Å². The molecule has 0 unspecified atom stereocenters. The number of hydrogen-bond donors (Lipinski definition) is 0. The molecule has 1 fully saturated rings. The number of ether oxygens (including phenoxy) is 1. The Morgan fingerprint density at radius 2 is 2.21 bits per heavy atom. The highest BCUT2D eigenvalue weighted by Gasteiger charge is 2.13. The van der Waals surface area contributed by atoms with Crippen molar-refractivity contribution >= 4 is 29.1 Å². The molecule has 0 aliphatic carbocycles. The zero-order valence-electron chi connectivity index (χ0n) is 8.24. The maximum absolute atomic E-state index is 11.0. The number of halogens is 1. The van der Waals surface area contributed by atoms with Crippen LogP contribution in [0.5, 0.6) is 0 Å². The lowest BCUT2D eigenvalue weighted by Gasteiger charge is -2.28. The van der Waals surface area contributed by atoms with Gasteiger partial charge in [0.05, 0.1) is 13.2 Å². The molecule has 0 aromatic rings. The molecule has 1 saturated heterocycles. The van der Waals surface area contributed by atoms with Crippen molar-refractivity contribution in [1.29, 1.82) is 0 Å². The largest absolute Gasteiger partial charge is 0.419 e. The third kappa shape index (κ3) is 3.97. The van der Waals surface area contributed by atoms with Crippen LogP contribution in [0, 0.1) is 0 Å². The highest BCUT2D eigenvalue weighted by Crippen LogP contribution is 1.99. The summed E-state index contributed by atoms with van der Waals surface area (Å²) in [5, 5.41) is 0. The molecule has 0 aromatic heterocycles. The molecule has 1 heterocycles. The first kappa shape index (κ1) is 12.0. The average molecular weight is 314 g/mol. The molecular formula is C8H15IN2O3. The van der Waals surface area contributed by atoms with E-state index in [1.54, 1.807) is 35.0 Å². The van der Waals surface area contributed by atoms with Crippen LogP contribution in [0.1, 0.15) is 0 Å². The van der Waals surface area contributed by atoms with Gasteiger partial charge in [-0.25, -0.2) is 4.79 Å². The Kier molecular flexibility index (Phi) is 5.49. The predicted octanol–water partition coefficient (Wildman–Crippen LogP) is 0.737. The van der Waals surface area contributed by atoms with Crippen molar-refractivity contribution in [3.8, 4) is 0 Å². The smallest absolute Gasteiger partial charge is 0.379 e. The molecular weight excluding hydrogens is 299 g/mol. The zero-order chi connectivity index (χ0) is 10.4. The summed E-state index contributed by atoms with van der Waals surface area (Å²) in [6, 6.07) is 0. The van der Waals surface area contributed by atoms with E-state index in [1.165, 1.54) is 0 Å². The Balaban J connectivity index is 2.15. The monoisotopic (exact) mass is 314 g/mol. The standard InChI is InChI=1S/C8H15IN2O3/c1-10(8(12)14-9)2-3-11-4-6-13-7-5-11/h2-7H2,1H3. The van der Waals surface area contributed by atoms with E-state index in [-0.39, 0.29) is 6.09 Å². The third-order valence-electron chi connectivity index (χ3n) is 2.23. The molecule has 1 aliphatic rings. The molecule has 0 radical (unpaired) electrons. The number of likely N-dealkylation sites (N-methyl/N-ethyl adjacent to an activating group) is 1. The molecule has 5 nitrogen and oxygen atoms in total. The molecule has 1 aliphatic heterocycles. The first-order valence-electron chi connectivity index (χ1n) is 4.58. The van der Waals surface area contributed by atoms with Crippen molar-refractivity contribution < 1.29 is 12.6 Å². The van der Waals surface area contributed by atoms with Crippen molar-refractivity contribution in [2.45, 2.75) is 0 Å². The van der Waals surface area contributed by atoms with Crippen molar-refractivity contribution in [2.24, 2.45) is 0 Å². The van der Waals surface area contributed by atoms with Gasteiger partial charge in [-0.1, -0.05) is 0 Å². The van der Waals surface area contributed by atoms with Crippen LogP contribution in [0.25, 0.3) is 0 Å². The Morgan fingerprint density at radius 3 is 2.79 bits per heavy atom. The maximum atomic E-state index is 11.0.